The molecule has 0 spiro atoms. The zero-order valence-electron chi connectivity index (χ0n) is 8.17. The molecule has 0 aromatic carbocycles. The monoisotopic (exact) mass is 184 g/mol. The second-order valence-corrected chi connectivity index (χ2v) is 3.22. The lowest BCUT2D eigenvalue weighted by atomic mass is 10.1. The minimum absolute atomic E-state index is 0.00879. The van der Waals surface area contributed by atoms with E-state index in [0.29, 0.717) is 13.0 Å². The van der Waals surface area contributed by atoms with Gasteiger partial charge in [-0.05, 0) is 13.8 Å². The Morgan fingerprint density at radius 3 is 2.54 bits per heavy atom. The highest BCUT2D eigenvalue weighted by molar-refractivity contribution is 5.89. The first-order valence-corrected chi connectivity index (χ1v) is 4.74. The number of carbonyl (C=O) groups excluding carboxylic acids is 2. The molecule has 1 fully saturated rings. The van der Waals surface area contributed by atoms with Crippen LogP contribution in [0.4, 0.5) is 0 Å². The Labute approximate surface area is 78.3 Å². The molecule has 0 aliphatic carbocycles. The Bertz CT molecular complexity index is 212. The largest absolute Gasteiger partial charge is 0.355 e. The van der Waals surface area contributed by atoms with Crippen molar-refractivity contribution in [2.75, 3.05) is 19.6 Å². The molecule has 0 saturated carbocycles. The maximum absolute atomic E-state index is 11.7. The van der Waals surface area contributed by atoms with Crippen molar-refractivity contribution < 1.29 is 9.59 Å². The first-order chi connectivity index (χ1) is 6.19. The summed E-state index contributed by atoms with van der Waals surface area (Å²) in [5.74, 6) is -0.0405. The second kappa shape index (κ2) is 4.25. The van der Waals surface area contributed by atoms with E-state index in [1.54, 1.807) is 4.90 Å². The summed E-state index contributed by atoms with van der Waals surface area (Å²) in [6.07, 6.45) is 0.356. The predicted octanol–water partition coefficient (Wildman–Crippen LogP) is -0.00910. The predicted molar refractivity (Wildman–Crippen MR) is 49.0 cm³/mol. The minimum Gasteiger partial charge on any atom is -0.355 e. The standard InChI is InChI=1S/C9H16N2O2/c1-3-11(4-2)9(13)7-5-8(12)10-6-7/h7H,3-6H2,1-2H3,(H,10,12). The third-order valence-corrected chi connectivity index (χ3v) is 2.40. The van der Waals surface area contributed by atoms with Crippen LogP contribution in [0.1, 0.15) is 20.3 Å². The summed E-state index contributed by atoms with van der Waals surface area (Å²) >= 11 is 0. The van der Waals surface area contributed by atoms with Crippen LogP contribution in [0.15, 0.2) is 0 Å². The fraction of sp³-hybridized carbons (Fsp3) is 0.778. The first kappa shape index (κ1) is 10.0. The quantitative estimate of drug-likeness (QED) is 0.670. The van der Waals surface area contributed by atoms with Crippen molar-refractivity contribution in [3.63, 3.8) is 0 Å². The van der Waals surface area contributed by atoms with Crippen molar-refractivity contribution in [2.45, 2.75) is 20.3 Å². The lowest BCUT2D eigenvalue weighted by Crippen LogP contribution is -2.36. The van der Waals surface area contributed by atoms with Crippen molar-refractivity contribution >= 4 is 11.8 Å². The average Bonchev–Trinajstić information content (AvgIpc) is 2.54. The minimum atomic E-state index is -0.132. The van der Waals surface area contributed by atoms with Gasteiger partial charge in [-0.25, -0.2) is 0 Å². The molecule has 2 amide bonds. The Balaban J connectivity index is 2.51. The van der Waals surface area contributed by atoms with E-state index in [0.717, 1.165) is 13.1 Å². The topological polar surface area (TPSA) is 49.4 Å². The zero-order chi connectivity index (χ0) is 9.84. The Hall–Kier alpha value is -1.06. The van der Waals surface area contributed by atoms with E-state index in [1.165, 1.54) is 0 Å². The molecular weight excluding hydrogens is 168 g/mol. The Morgan fingerprint density at radius 2 is 2.15 bits per heavy atom. The Morgan fingerprint density at radius 1 is 1.54 bits per heavy atom. The summed E-state index contributed by atoms with van der Waals surface area (Å²) in [6, 6.07) is 0. The molecule has 13 heavy (non-hydrogen) atoms. The van der Waals surface area contributed by atoms with Crippen LogP contribution in [0, 0.1) is 5.92 Å². The molecule has 74 valence electrons. The molecule has 1 aliphatic rings. The molecule has 0 bridgehead atoms. The number of hydrogen-bond donors (Lipinski definition) is 1. The van der Waals surface area contributed by atoms with Gasteiger partial charge in [0.05, 0.1) is 5.92 Å². The maximum atomic E-state index is 11.7. The van der Waals surface area contributed by atoms with Gasteiger partial charge < -0.3 is 10.2 Å². The van der Waals surface area contributed by atoms with Gasteiger partial charge in [-0.15, -0.1) is 0 Å². The number of amides is 2. The van der Waals surface area contributed by atoms with E-state index >= 15 is 0 Å². The molecule has 1 atom stereocenters. The van der Waals surface area contributed by atoms with Crippen molar-refractivity contribution in [1.82, 2.24) is 10.2 Å². The molecule has 1 unspecified atom stereocenters. The summed E-state index contributed by atoms with van der Waals surface area (Å²) in [6.45, 7) is 5.85. The van der Waals surface area contributed by atoms with E-state index in [-0.39, 0.29) is 17.7 Å². The highest BCUT2D eigenvalue weighted by Crippen LogP contribution is 2.12. The molecule has 4 heteroatoms. The molecular formula is C9H16N2O2. The van der Waals surface area contributed by atoms with Crippen LogP contribution in [0.3, 0.4) is 0 Å². The Kier molecular flexibility index (Phi) is 3.28. The molecule has 1 saturated heterocycles. The number of hydrogen-bond acceptors (Lipinski definition) is 2. The van der Waals surface area contributed by atoms with E-state index in [2.05, 4.69) is 5.32 Å². The lowest BCUT2D eigenvalue weighted by molar-refractivity contribution is -0.135. The SMILES string of the molecule is CCN(CC)C(=O)C1CNC(=O)C1. The zero-order valence-corrected chi connectivity index (χ0v) is 8.17. The summed E-state index contributed by atoms with van der Waals surface area (Å²) in [7, 11) is 0. The average molecular weight is 184 g/mol. The van der Waals surface area contributed by atoms with Gasteiger partial charge in [0.15, 0.2) is 0 Å². The van der Waals surface area contributed by atoms with Gasteiger partial charge in [-0.2, -0.15) is 0 Å². The number of carbonyl (C=O) groups is 2. The number of nitrogens with one attached hydrogen (secondary N) is 1. The smallest absolute Gasteiger partial charge is 0.227 e. The van der Waals surface area contributed by atoms with Gasteiger partial charge in [0.2, 0.25) is 11.8 Å². The lowest BCUT2D eigenvalue weighted by Gasteiger charge is -2.21. The van der Waals surface area contributed by atoms with Crippen LogP contribution in [-0.4, -0.2) is 36.3 Å². The summed E-state index contributed by atoms with van der Waals surface area (Å²) in [5, 5.41) is 2.67. The van der Waals surface area contributed by atoms with Crippen LogP contribution >= 0.6 is 0 Å². The van der Waals surface area contributed by atoms with Gasteiger partial charge in [-0.3, -0.25) is 9.59 Å². The number of rotatable bonds is 3. The fourth-order valence-electron chi connectivity index (χ4n) is 1.57. The molecule has 4 nitrogen and oxygen atoms in total. The molecule has 0 radical (unpaired) electrons. The van der Waals surface area contributed by atoms with Crippen molar-refractivity contribution in [3.8, 4) is 0 Å². The van der Waals surface area contributed by atoms with E-state index in [1.807, 2.05) is 13.8 Å². The van der Waals surface area contributed by atoms with Gasteiger partial charge in [0.25, 0.3) is 0 Å². The highest BCUT2D eigenvalue weighted by atomic mass is 16.2. The van der Waals surface area contributed by atoms with Crippen LogP contribution in [0.25, 0.3) is 0 Å². The maximum Gasteiger partial charge on any atom is 0.227 e. The molecule has 0 aromatic rings. The molecule has 0 aromatic heterocycles. The van der Waals surface area contributed by atoms with Crippen LogP contribution in [-0.2, 0) is 9.59 Å². The van der Waals surface area contributed by atoms with Gasteiger partial charge >= 0.3 is 0 Å². The van der Waals surface area contributed by atoms with Crippen molar-refractivity contribution in [3.05, 3.63) is 0 Å². The van der Waals surface area contributed by atoms with Crippen LogP contribution < -0.4 is 5.32 Å². The summed E-state index contributed by atoms with van der Waals surface area (Å²) in [5.41, 5.74) is 0. The van der Waals surface area contributed by atoms with Gasteiger partial charge in [0.1, 0.15) is 0 Å². The number of nitrogens with zero attached hydrogens (tertiary/aromatic N) is 1. The van der Waals surface area contributed by atoms with E-state index in [9.17, 15) is 9.59 Å². The van der Waals surface area contributed by atoms with Crippen LogP contribution in [0.5, 0.6) is 0 Å². The van der Waals surface area contributed by atoms with E-state index in [4.69, 9.17) is 0 Å². The third kappa shape index (κ3) is 2.20. The fourth-order valence-corrected chi connectivity index (χ4v) is 1.57. The molecule has 1 rings (SSSR count). The van der Waals surface area contributed by atoms with Crippen LogP contribution in [0.2, 0.25) is 0 Å². The summed E-state index contributed by atoms with van der Waals surface area (Å²) < 4.78 is 0. The van der Waals surface area contributed by atoms with Crippen molar-refractivity contribution in [1.29, 1.82) is 0 Å². The third-order valence-electron chi connectivity index (χ3n) is 2.40. The molecule has 1 N–H and O–H groups in total. The van der Waals surface area contributed by atoms with Gasteiger partial charge in [-0.1, -0.05) is 0 Å². The van der Waals surface area contributed by atoms with E-state index < -0.39 is 0 Å². The van der Waals surface area contributed by atoms with Crippen molar-refractivity contribution in [2.24, 2.45) is 5.92 Å². The summed E-state index contributed by atoms with van der Waals surface area (Å²) in [4.78, 5) is 24.3. The molecule has 1 heterocycles. The first-order valence-electron chi connectivity index (χ1n) is 4.74. The molecule has 1 aliphatic heterocycles. The normalized spacial score (nSPS) is 21.4. The highest BCUT2D eigenvalue weighted by Gasteiger charge is 2.30. The van der Waals surface area contributed by atoms with Gasteiger partial charge in [0, 0.05) is 26.1 Å². The second-order valence-electron chi connectivity index (χ2n) is 3.22.